The molecule has 2 unspecified atom stereocenters. The summed E-state index contributed by atoms with van der Waals surface area (Å²) in [6.07, 6.45) is 5.52. The Bertz CT molecular complexity index is 844. The van der Waals surface area contributed by atoms with Crippen LogP contribution in [0.3, 0.4) is 0 Å². The van der Waals surface area contributed by atoms with Crippen LogP contribution in [0.2, 0.25) is 0 Å². The Morgan fingerprint density at radius 2 is 1.56 bits per heavy atom. The van der Waals surface area contributed by atoms with Crippen molar-refractivity contribution in [2.75, 3.05) is 0 Å². The van der Waals surface area contributed by atoms with Gasteiger partial charge in [-0.05, 0) is 0 Å². The molecule has 0 spiro atoms. The van der Waals surface area contributed by atoms with E-state index in [2.05, 4.69) is 84.0 Å². The van der Waals surface area contributed by atoms with Gasteiger partial charge in [0.1, 0.15) is 0 Å². The summed E-state index contributed by atoms with van der Waals surface area (Å²) in [4.78, 5) is 0. The molecule has 0 nitrogen and oxygen atoms in total. The minimum Gasteiger partial charge on any atom is -0.147 e. The molecule has 0 aliphatic heterocycles. The minimum atomic E-state index is -2.00. The topological polar surface area (TPSA) is 0 Å². The van der Waals surface area contributed by atoms with Crippen molar-refractivity contribution in [2.45, 2.75) is 47.6 Å². The van der Waals surface area contributed by atoms with E-state index in [0.29, 0.717) is 18.1 Å². The van der Waals surface area contributed by atoms with E-state index in [1.54, 1.807) is 22.3 Å². The fourth-order valence-corrected chi connectivity index (χ4v) is 32.4. The van der Waals surface area contributed by atoms with Crippen molar-refractivity contribution in [2.24, 2.45) is 11.8 Å². The molecule has 0 aromatic heterocycles. The van der Waals surface area contributed by atoms with Gasteiger partial charge in [-0.15, -0.1) is 24.8 Å². The molecule has 27 heavy (non-hydrogen) atoms. The maximum absolute atomic E-state index is 2.52. The van der Waals surface area contributed by atoms with E-state index in [9.17, 15) is 0 Å². The molecule has 4 heteroatoms. The van der Waals surface area contributed by atoms with E-state index in [0.717, 1.165) is 0 Å². The quantitative estimate of drug-likeness (QED) is 0.344. The smallest absolute Gasteiger partial charge is 0.147 e. The van der Waals surface area contributed by atoms with Crippen LogP contribution in [0, 0.1) is 11.8 Å². The SMILES string of the molecule is CC1=CC(C)[C](/[Hf](=[SiH]/Cc2ccccc2)[C]2=C(C)C=C(C)C2C)=C1C.Cl.Cl. The standard InChI is InChI=1S/2C8H11.C7H8Si.2ClH.Hf/c2*1-6-4-7(2)8(3)5-6;8-6-7-4-2-1-3-5-7;;;/h4,8H,1-3H3;4,6H,1-3H3;1-5,8H,6H2;2*1H;. The molecule has 146 valence electrons. The first kappa shape index (κ1) is 24.9. The fourth-order valence-electron chi connectivity index (χ4n) is 4.34. The number of allylic oxidation sites excluding steroid dienone is 8. The summed E-state index contributed by atoms with van der Waals surface area (Å²) in [6.45, 7) is 14.3. The Morgan fingerprint density at radius 3 is 2.04 bits per heavy atom. The van der Waals surface area contributed by atoms with Crippen LogP contribution in [0.25, 0.3) is 0 Å². The van der Waals surface area contributed by atoms with Crippen molar-refractivity contribution in [1.29, 1.82) is 0 Å². The molecule has 0 saturated carbocycles. The average Bonchev–Trinajstić information content (AvgIpc) is 2.98. The van der Waals surface area contributed by atoms with Crippen molar-refractivity contribution in [1.82, 2.24) is 0 Å². The zero-order chi connectivity index (χ0) is 18.1. The molecule has 0 heterocycles. The second kappa shape index (κ2) is 10.6. The largest absolute Gasteiger partial charge is 0.147 e. The van der Waals surface area contributed by atoms with E-state index in [-0.39, 0.29) is 24.8 Å². The van der Waals surface area contributed by atoms with Gasteiger partial charge in [0.05, 0.1) is 0 Å². The molecule has 2 atom stereocenters. The van der Waals surface area contributed by atoms with Crippen molar-refractivity contribution >= 4 is 31.0 Å². The monoisotopic (exact) mass is 586 g/mol. The molecule has 1 aromatic rings. The van der Waals surface area contributed by atoms with Crippen molar-refractivity contribution in [3.63, 3.8) is 0 Å². The predicted molar refractivity (Wildman–Crippen MR) is 123 cm³/mol. The molecule has 0 fully saturated rings. The molecule has 0 radical (unpaired) electrons. The molecule has 2 aliphatic carbocycles. The molecule has 0 amide bonds. The predicted octanol–water partition coefficient (Wildman–Crippen LogP) is 6.74. The minimum absolute atomic E-state index is 0. The third-order valence-electron chi connectivity index (χ3n) is 5.90. The van der Waals surface area contributed by atoms with Crippen LogP contribution < -0.4 is 0 Å². The molecular formula is C23H32Cl2HfSi. The Morgan fingerprint density at radius 1 is 0.926 bits per heavy atom. The zero-order valence-corrected chi connectivity index (χ0v) is 23.7. The summed E-state index contributed by atoms with van der Waals surface area (Å²) < 4.78 is 3.83. The molecule has 1 aromatic carbocycles. The molecular weight excluding hydrogens is 554 g/mol. The van der Waals surface area contributed by atoms with E-state index in [4.69, 9.17) is 0 Å². The van der Waals surface area contributed by atoms with Crippen LogP contribution in [0.4, 0.5) is 0 Å². The summed E-state index contributed by atoms with van der Waals surface area (Å²) in [5.74, 6) is 1.37. The maximum Gasteiger partial charge on any atom is -0.147 e. The summed E-state index contributed by atoms with van der Waals surface area (Å²) >= 11 is -2.00. The third-order valence-corrected chi connectivity index (χ3v) is 28.8. The van der Waals surface area contributed by atoms with Gasteiger partial charge in [-0.2, -0.15) is 0 Å². The van der Waals surface area contributed by atoms with Gasteiger partial charge in [-0.25, -0.2) is 0 Å². The van der Waals surface area contributed by atoms with Gasteiger partial charge in [-0.3, -0.25) is 0 Å². The van der Waals surface area contributed by atoms with E-state index < -0.39 is 20.1 Å². The van der Waals surface area contributed by atoms with Gasteiger partial charge in [0.15, 0.2) is 0 Å². The number of rotatable bonds is 4. The average molecular weight is 586 g/mol. The second-order valence-electron chi connectivity index (χ2n) is 7.69. The molecule has 0 N–H and O–H groups in total. The Labute approximate surface area is 186 Å². The Hall–Kier alpha value is -0.153. The van der Waals surface area contributed by atoms with E-state index in [1.807, 2.05) is 6.66 Å². The first-order valence-electron chi connectivity index (χ1n) is 9.43. The van der Waals surface area contributed by atoms with Gasteiger partial charge >= 0.3 is 163 Å². The van der Waals surface area contributed by atoms with Gasteiger partial charge in [0.25, 0.3) is 0 Å². The van der Waals surface area contributed by atoms with Crippen LogP contribution >= 0.6 is 24.8 Å². The van der Waals surface area contributed by atoms with Crippen molar-refractivity contribution in [3.8, 4) is 0 Å². The summed E-state index contributed by atoms with van der Waals surface area (Å²) in [5.41, 5.74) is 7.93. The van der Waals surface area contributed by atoms with Gasteiger partial charge < -0.3 is 0 Å². The normalized spacial score (nSPS) is 22.4. The molecule has 2 aliphatic rings. The summed E-state index contributed by atoms with van der Waals surface area (Å²) in [5, 5.41) is 0. The zero-order valence-electron chi connectivity index (χ0n) is 17.3. The first-order valence-corrected chi connectivity index (χ1v) is 20.6. The second-order valence-corrected chi connectivity index (χ2v) is 24.5. The van der Waals surface area contributed by atoms with E-state index in [1.165, 1.54) is 11.6 Å². The fraction of sp³-hybridized carbons (Fsp3) is 0.391. The van der Waals surface area contributed by atoms with Crippen molar-refractivity contribution in [3.05, 3.63) is 77.0 Å². The Balaban J connectivity index is 0.00000182. The van der Waals surface area contributed by atoms with E-state index >= 15 is 0 Å². The molecule has 0 saturated heterocycles. The van der Waals surface area contributed by atoms with Crippen LogP contribution in [0.15, 0.2) is 71.4 Å². The van der Waals surface area contributed by atoms with Crippen molar-refractivity contribution < 1.29 is 20.1 Å². The summed E-state index contributed by atoms with van der Waals surface area (Å²) in [7, 11) is 0. The number of hydrogen-bond donors (Lipinski definition) is 0. The van der Waals surface area contributed by atoms with Crippen LogP contribution in [-0.2, 0) is 26.1 Å². The van der Waals surface area contributed by atoms with Crippen LogP contribution in [0.1, 0.15) is 47.1 Å². The van der Waals surface area contributed by atoms with Gasteiger partial charge in [0.2, 0.25) is 0 Å². The first-order chi connectivity index (χ1) is 11.9. The van der Waals surface area contributed by atoms with Gasteiger partial charge in [-0.1, -0.05) is 0 Å². The Kier molecular flexibility index (Phi) is 9.75. The molecule has 0 bridgehead atoms. The maximum atomic E-state index is 2.52. The number of halogens is 2. The third kappa shape index (κ3) is 5.26. The summed E-state index contributed by atoms with van der Waals surface area (Å²) in [6, 6.07) is 12.5. The van der Waals surface area contributed by atoms with Gasteiger partial charge in [0, 0.05) is 0 Å². The van der Waals surface area contributed by atoms with Crippen LogP contribution in [-0.4, -0.2) is 6.22 Å². The van der Waals surface area contributed by atoms with Crippen LogP contribution in [0.5, 0.6) is 0 Å². The number of benzene rings is 1. The number of hydrogen-bond acceptors (Lipinski definition) is 0. The molecule has 3 rings (SSSR count).